The highest BCUT2D eigenvalue weighted by Crippen LogP contribution is 2.29. The monoisotopic (exact) mass is 471 g/mol. The number of fused-ring (bicyclic) bond motifs is 2. The van der Waals surface area contributed by atoms with Gasteiger partial charge in [-0.1, -0.05) is 25.3 Å². The number of hydrogen-bond donors (Lipinski definition) is 0. The van der Waals surface area contributed by atoms with Crippen LogP contribution < -0.4 is 11.0 Å². The molecule has 1 saturated carbocycles. The Labute approximate surface area is 200 Å². The number of amides is 1. The topological polar surface area (TPSA) is 108 Å². The predicted octanol–water partition coefficient (Wildman–Crippen LogP) is 3.47. The van der Waals surface area contributed by atoms with Crippen LogP contribution in [-0.2, 0) is 4.74 Å². The number of pyridine rings is 3. The second-order valence-corrected chi connectivity index (χ2v) is 8.51. The summed E-state index contributed by atoms with van der Waals surface area (Å²) < 4.78 is 8.56. The highest BCUT2D eigenvalue weighted by Gasteiger charge is 2.25. The highest BCUT2D eigenvalue weighted by molar-refractivity contribution is 5.97. The molecule has 0 bridgehead atoms. The molecule has 4 heterocycles. The minimum atomic E-state index is -0.644. The maximum absolute atomic E-state index is 13.5. The van der Waals surface area contributed by atoms with Crippen molar-refractivity contribution >= 4 is 28.6 Å². The van der Waals surface area contributed by atoms with Gasteiger partial charge in [0.25, 0.3) is 11.5 Å². The summed E-state index contributed by atoms with van der Waals surface area (Å²) in [6, 6.07) is 9.97. The Morgan fingerprint density at radius 2 is 1.97 bits per heavy atom. The molecule has 1 aliphatic rings. The van der Waals surface area contributed by atoms with Crippen LogP contribution in [0.1, 0.15) is 65.8 Å². The summed E-state index contributed by atoms with van der Waals surface area (Å²) >= 11 is 0. The van der Waals surface area contributed by atoms with Crippen LogP contribution in [0.3, 0.4) is 0 Å². The van der Waals surface area contributed by atoms with Crippen molar-refractivity contribution in [3.63, 3.8) is 0 Å². The Bertz CT molecular complexity index is 1550. The number of carbonyl (C=O) groups is 2. The first-order valence-corrected chi connectivity index (χ1v) is 11.8. The number of ether oxygens (including phenoxy) is 1. The van der Waals surface area contributed by atoms with Crippen LogP contribution >= 0.6 is 0 Å². The fraction of sp³-hybridized carbons (Fsp3) is 0.308. The summed E-state index contributed by atoms with van der Waals surface area (Å²) in [5.41, 5.74) is 1.10. The normalized spacial score (nSPS) is 14.9. The van der Waals surface area contributed by atoms with Crippen LogP contribution in [0.15, 0.2) is 64.8 Å². The van der Waals surface area contributed by atoms with Gasteiger partial charge in [-0.15, -0.1) is 0 Å². The molecular formula is C26H25N5O4. The average molecular weight is 472 g/mol. The first kappa shape index (κ1) is 22.6. The van der Waals surface area contributed by atoms with E-state index in [9.17, 15) is 14.4 Å². The Balaban J connectivity index is 1.91. The molecule has 4 aromatic heterocycles. The van der Waals surface area contributed by atoms with Gasteiger partial charge in [-0.3, -0.25) is 19.0 Å². The van der Waals surface area contributed by atoms with Crippen LogP contribution in [0.2, 0.25) is 0 Å². The molecule has 1 fully saturated rings. The van der Waals surface area contributed by atoms with E-state index in [2.05, 4.69) is 9.98 Å². The zero-order chi connectivity index (χ0) is 24.4. The molecule has 0 saturated heterocycles. The van der Waals surface area contributed by atoms with E-state index < -0.39 is 11.9 Å². The number of hydrogen-bond acceptors (Lipinski definition) is 6. The van der Waals surface area contributed by atoms with E-state index in [1.54, 1.807) is 43.6 Å². The second kappa shape index (κ2) is 9.61. The third-order valence-corrected chi connectivity index (χ3v) is 6.29. The van der Waals surface area contributed by atoms with Crippen molar-refractivity contribution in [1.29, 1.82) is 0 Å². The predicted molar refractivity (Wildman–Crippen MR) is 129 cm³/mol. The van der Waals surface area contributed by atoms with Crippen LogP contribution in [0.25, 0.3) is 16.7 Å². The van der Waals surface area contributed by atoms with Crippen molar-refractivity contribution in [3.8, 4) is 0 Å². The molecule has 0 spiro atoms. The van der Waals surface area contributed by atoms with Gasteiger partial charge in [-0.25, -0.2) is 9.78 Å². The quantitative estimate of drug-likeness (QED) is 0.333. The maximum Gasteiger partial charge on any atom is 0.341 e. The number of aromatic nitrogens is 4. The standard InChI is InChI=1S/C26H25N5O4/c1-2-35-26(34)20-15-19-22(28-21-12-6-7-14-30(21)25(19)33)31(18-10-4-3-5-11-18)23(20)29-24(32)17-9-8-13-27-16-17/h6-9,12-16,18H,2-5,10-11H2,1H3. The van der Waals surface area contributed by atoms with E-state index in [0.29, 0.717) is 16.9 Å². The van der Waals surface area contributed by atoms with Crippen LogP contribution in [0.5, 0.6) is 0 Å². The summed E-state index contributed by atoms with van der Waals surface area (Å²) in [6.07, 6.45) is 9.38. The summed E-state index contributed by atoms with van der Waals surface area (Å²) in [7, 11) is 0. The van der Waals surface area contributed by atoms with E-state index in [1.807, 2.05) is 10.6 Å². The minimum Gasteiger partial charge on any atom is -0.462 e. The van der Waals surface area contributed by atoms with Gasteiger partial charge in [-0.05, 0) is 50.1 Å². The Hall–Kier alpha value is -4.14. The first-order chi connectivity index (χ1) is 17.1. The summed E-state index contributed by atoms with van der Waals surface area (Å²) in [5, 5.41) is 0.273. The Kier molecular flexibility index (Phi) is 6.22. The van der Waals surface area contributed by atoms with Gasteiger partial charge >= 0.3 is 5.97 Å². The number of nitrogens with zero attached hydrogens (tertiary/aromatic N) is 5. The van der Waals surface area contributed by atoms with E-state index in [4.69, 9.17) is 9.72 Å². The fourth-order valence-electron chi connectivity index (χ4n) is 4.65. The molecule has 35 heavy (non-hydrogen) atoms. The van der Waals surface area contributed by atoms with Gasteiger partial charge in [-0.2, -0.15) is 4.99 Å². The second-order valence-electron chi connectivity index (χ2n) is 8.51. The van der Waals surface area contributed by atoms with E-state index in [1.165, 1.54) is 16.7 Å². The lowest BCUT2D eigenvalue weighted by molar-refractivity contribution is 0.0523. The summed E-state index contributed by atoms with van der Waals surface area (Å²) in [5.74, 6) is -1.18. The van der Waals surface area contributed by atoms with Crippen molar-refractivity contribution < 1.29 is 14.3 Å². The number of esters is 1. The van der Waals surface area contributed by atoms with Gasteiger partial charge in [0, 0.05) is 24.6 Å². The molecule has 0 atom stereocenters. The van der Waals surface area contributed by atoms with Crippen molar-refractivity contribution in [2.75, 3.05) is 6.61 Å². The minimum absolute atomic E-state index is 0.0666. The molecule has 5 rings (SSSR count). The Morgan fingerprint density at radius 1 is 1.14 bits per heavy atom. The Morgan fingerprint density at radius 3 is 2.71 bits per heavy atom. The molecule has 9 heteroatoms. The fourth-order valence-corrected chi connectivity index (χ4v) is 4.65. The van der Waals surface area contributed by atoms with Crippen molar-refractivity contribution in [2.45, 2.75) is 45.1 Å². The first-order valence-electron chi connectivity index (χ1n) is 11.8. The van der Waals surface area contributed by atoms with Gasteiger partial charge in [0.05, 0.1) is 17.6 Å². The average Bonchev–Trinajstić information content (AvgIpc) is 2.89. The van der Waals surface area contributed by atoms with Crippen molar-refractivity contribution in [2.24, 2.45) is 4.99 Å². The lowest BCUT2D eigenvalue weighted by Crippen LogP contribution is -2.35. The molecule has 4 aromatic rings. The van der Waals surface area contributed by atoms with Gasteiger partial charge in [0.15, 0.2) is 5.49 Å². The summed E-state index contributed by atoms with van der Waals surface area (Å²) in [4.78, 5) is 52.9. The van der Waals surface area contributed by atoms with Crippen molar-refractivity contribution in [1.82, 2.24) is 18.9 Å². The lowest BCUT2D eigenvalue weighted by atomic mass is 9.94. The zero-order valence-corrected chi connectivity index (χ0v) is 19.4. The maximum atomic E-state index is 13.5. The third kappa shape index (κ3) is 4.25. The van der Waals surface area contributed by atoms with Gasteiger partial charge in [0.2, 0.25) is 0 Å². The number of carbonyl (C=O) groups excluding carboxylic acids is 2. The van der Waals surface area contributed by atoms with Crippen LogP contribution in [-0.4, -0.2) is 37.4 Å². The SMILES string of the molecule is CCOC(=O)c1cc2c(=O)n3ccccc3nc2n(C2CCCCC2)c1=NC(=O)c1cccnc1. The molecule has 0 aromatic carbocycles. The van der Waals surface area contributed by atoms with E-state index >= 15 is 0 Å². The molecule has 0 aliphatic heterocycles. The molecule has 9 nitrogen and oxygen atoms in total. The van der Waals surface area contributed by atoms with E-state index in [0.717, 1.165) is 32.1 Å². The summed E-state index contributed by atoms with van der Waals surface area (Å²) in [6.45, 7) is 1.85. The third-order valence-electron chi connectivity index (χ3n) is 6.29. The molecule has 1 aliphatic carbocycles. The number of rotatable bonds is 4. The molecule has 1 amide bonds. The molecule has 178 valence electrons. The van der Waals surface area contributed by atoms with Crippen molar-refractivity contribution in [3.05, 3.63) is 82.0 Å². The molecule has 0 unspecified atom stereocenters. The highest BCUT2D eigenvalue weighted by atomic mass is 16.5. The van der Waals surface area contributed by atoms with Crippen LogP contribution in [0.4, 0.5) is 0 Å². The van der Waals surface area contributed by atoms with Gasteiger partial charge in [0.1, 0.15) is 16.9 Å². The molecule has 0 radical (unpaired) electrons. The van der Waals surface area contributed by atoms with Gasteiger partial charge < -0.3 is 9.30 Å². The zero-order valence-electron chi connectivity index (χ0n) is 19.4. The smallest absolute Gasteiger partial charge is 0.341 e. The largest absolute Gasteiger partial charge is 0.462 e. The van der Waals surface area contributed by atoms with Crippen LogP contribution in [0, 0.1) is 0 Å². The van der Waals surface area contributed by atoms with E-state index in [-0.39, 0.29) is 34.6 Å². The lowest BCUT2D eigenvalue weighted by Gasteiger charge is -2.27. The molecule has 0 N–H and O–H groups in total. The molecular weight excluding hydrogens is 446 g/mol.